The minimum absolute atomic E-state index is 0.00343. The van der Waals surface area contributed by atoms with E-state index < -0.39 is 5.54 Å². The van der Waals surface area contributed by atoms with E-state index >= 15 is 0 Å². The van der Waals surface area contributed by atoms with Crippen LogP contribution in [0.15, 0.2) is 21.2 Å². The summed E-state index contributed by atoms with van der Waals surface area (Å²) in [5.74, 6) is 0.722. The molecule has 0 aliphatic carbocycles. The minimum Gasteiger partial charge on any atom is -0.452 e. The predicted molar refractivity (Wildman–Crippen MR) is 49.9 cm³/mol. The molecule has 1 aromatic rings. The standard InChI is InChI=1S/C8H12BrNO2/c1-8(5-11,10-2)6-3-4-7(9)12-6/h3-4,10-11H,5H2,1-2H3. The second-order valence-electron chi connectivity index (χ2n) is 2.84. The summed E-state index contributed by atoms with van der Waals surface area (Å²) < 4.78 is 6.00. The highest BCUT2D eigenvalue weighted by molar-refractivity contribution is 9.10. The lowest BCUT2D eigenvalue weighted by molar-refractivity contribution is 0.160. The molecule has 0 amide bonds. The Bertz CT molecular complexity index is 255. The molecule has 0 aliphatic rings. The zero-order valence-corrected chi connectivity index (χ0v) is 8.68. The smallest absolute Gasteiger partial charge is 0.169 e. The zero-order chi connectivity index (χ0) is 9.19. The lowest BCUT2D eigenvalue weighted by Gasteiger charge is -2.23. The summed E-state index contributed by atoms with van der Waals surface area (Å²) >= 11 is 3.21. The van der Waals surface area contributed by atoms with Gasteiger partial charge in [0.1, 0.15) is 5.76 Å². The van der Waals surface area contributed by atoms with E-state index in [2.05, 4.69) is 21.2 Å². The van der Waals surface area contributed by atoms with E-state index in [-0.39, 0.29) is 6.61 Å². The Morgan fingerprint density at radius 2 is 2.33 bits per heavy atom. The molecule has 1 atom stereocenters. The fourth-order valence-electron chi connectivity index (χ4n) is 0.891. The summed E-state index contributed by atoms with van der Waals surface area (Å²) in [7, 11) is 1.78. The van der Waals surface area contributed by atoms with Gasteiger partial charge in [-0.3, -0.25) is 0 Å². The van der Waals surface area contributed by atoms with Crippen LogP contribution in [0.3, 0.4) is 0 Å². The summed E-state index contributed by atoms with van der Waals surface area (Å²) in [5, 5.41) is 12.1. The number of rotatable bonds is 3. The van der Waals surface area contributed by atoms with Crippen molar-refractivity contribution in [3.8, 4) is 0 Å². The molecule has 0 saturated carbocycles. The van der Waals surface area contributed by atoms with Crippen molar-refractivity contribution in [2.24, 2.45) is 0 Å². The predicted octanol–water partition coefficient (Wildman–Crippen LogP) is 1.47. The van der Waals surface area contributed by atoms with Crippen molar-refractivity contribution >= 4 is 15.9 Å². The molecule has 0 bridgehead atoms. The van der Waals surface area contributed by atoms with Crippen LogP contribution in [-0.2, 0) is 5.54 Å². The van der Waals surface area contributed by atoms with E-state index in [1.165, 1.54) is 0 Å². The molecular formula is C8H12BrNO2. The molecule has 4 heteroatoms. The van der Waals surface area contributed by atoms with Crippen LogP contribution in [-0.4, -0.2) is 18.8 Å². The SMILES string of the molecule is CNC(C)(CO)c1ccc(Br)o1. The van der Waals surface area contributed by atoms with Gasteiger partial charge >= 0.3 is 0 Å². The van der Waals surface area contributed by atoms with Gasteiger partial charge in [0.15, 0.2) is 4.67 Å². The number of nitrogens with one attached hydrogen (secondary N) is 1. The van der Waals surface area contributed by atoms with E-state index in [9.17, 15) is 0 Å². The molecule has 3 nitrogen and oxygen atoms in total. The number of hydrogen-bond donors (Lipinski definition) is 2. The maximum absolute atomic E-state index is 9.11. The maximum Gasteiger partial charge on any atom is 0.169 e. The third-order valence-corrected chi connectivity index (χ3v) is 2.41. The first-order valence-corrected chi connectivity index (χ1v) is 4.47. The van der Waals surface area contributed by atoms with Crippen molar-refractivity contribution in [3.63, 3.8) is 0 Å². The van der Waals surface area contributed by atoms with Crippen LogP contribution in [0.4, 0.5) is 0 Å². The summed E-state index contributed by atoms with van der Waals surface area (Å²) in [6.45, 7) is 1.88. The number of likely N-dealkylation sites (N-methyl/N-ethyl adjacent to an activating group) is 1. The first kappa shape index (κ1) is 9.77. The van der Waals surface area contributed by atoms with Crippen molar-refractivity contribution in [3.05, 3.63) is 22.6 Å². The molecule has 2 N–H and O–H groups in total. The van der Waals surface area contributed by atoms with Crippen LogP contribution >= 0.6 is 15.9 Å². The molecule has 68 valence electrons. The highest BCUT2D eigenvalue weighted by Gasteiger charge is 2.26. The zero-order valence-electron chi connectivity index (χ0n) is 7.10. The van der Waals surface area contributed by atoms with E-state index in [1.54, 1.807) is 13.1 Å². The van der Waals surface area contributed by atoms with Crippen LogP contribution in [0, 0.1) is 0 Å². The minimum atomic E-state index is -0.494. The van der Waals surface area contributed by atoms with Gasteiger partial charge in [-0.1, -0.05) is 0 Å². The van der Waals surface area contributed by atoms with Gasteiger partial charge in [-0.05, 0) is 42.0 Å². The Morgan fingerprint density at radius 1 is 1.67 bits per heavy atom. The molecule has 1 heterocycles. The van der Waals surface area contributed by atoms with Gasteiger partial charge in [-0.15, -0.1) is 0 Å². The number of hydrogen-bond acceptors (Lipinski definition) is 3. The molecule has 1 unspecified atom stereocenters. The van der Waals surface area contributed by atoms with Crippen molar-refractivity contribution < 1.29 is 9.52 Å². The summed E-state index contributed by atoms with van der Waals surface area (Å²) in [5.41, 5.74) is -0.494. The maximum atomic E-state index is 9.11. The molecule has 0 spiro atoms. The monoisotopic (exact) mass is 233 g/mol. The summed E-state index contributed by atoms with van der Waals surface area (Å²) in [4.78, 5) is 0. The normalized spacial score (nSPS) is 16.0. The van der Waals surface area contributed by atoms with E-state index in [4.69, 9.17) is 9.52 Å². The third kappa shape index (κ3) is 1.71. The molecule has 0 fully saturated rings. The largest absolute Gasteiger partial charge is 0.452 e. The van der Waals surface area contributed by atoms with Crippen molar-refractivity contribution in [1.82, 2.24) is 5.32 Å². The second kappa shape index (κ2) is 3.60. The van der Waals surface area contributed by atoms with Crippen molar-refractivity contribution in [2.45, 2.75) is 12.5 Å². The molecule has 0 radical (unpaired) electrons. The Morgan fingerprint density at radius 3 is 2.67 bits per heavy atom. The van der Waals surface area contributed by atoms with E-state index in [1.807, 2.05) is 13.0 Å². The topological polar surface area (TPSA) is 45.4 Å². The molecule has 0 aliphatic heterocycles. The van der Waals surface area contributed by atoms with Crippen LogP contribution in [0.5, 0.6) is 0 Å². The number of aliphatic hydroxyl groups is 1. The van der Waals surface area contributed by atoms with E-state index in [0.29, 0.717) is 4.67 Å². The first-order chi connectivity index (χ1) is 5.62. The van der Waals surface area contributed by atoms with Crippen LogP contribution in [0.2, 0.25) is 0 Å². The fourth-order valence-corrected chi connectivity index (χ4v) is 1.20. The lowest BCUT2D eigenvalue weighted by atomic mass is 10.0. The van der Waals surface area contributed by atoms with Gasteiger partial charge in [-0.2, -0.15) is 0 Å². The third-order valence-electron chi connectivity index (χ3n) is 1.99. The highest BCUT2D eigenvalue weighted by atomic mass is 79.9. The van der Waals surface area contributed by atoms with Gasteiger partial charge in [0.2, 0.25) is 0 Å². The van der Waals surface area contributed by atoms with Crippen LogP contribution in [0.1, 0.15) is 12.7 Å². The Hall–Kier alpha value is -0.320. The number of halogens is 1. The van der Waals surface area contributed by atoms with Gasteiger partial charge in [0, 0.05) is 0 Å². The fraction of sp³-hybridized carbons (Fsp3) is 0.500. The van der Waals surface area contributed by atoms with Gasteiger partial charge in [0.25, 0.3) is 0 Å². The highest BCUT2D eigenvalue weighted by Crippen LogP contribution is 2.24. The van der Waals surface area contributed by atoms with Gasteiger partial charge in [-0.25, -0.2) is 0 Å². The quantitative estimate of drug-likeness (QED) is 0.832. The molecule has 1 aromatic heterocycles. The second-order valence-corrected chi connectivity index (χ2v) is 3.63. The van der Waals surface area contributed by atoms with Crippen LogP contribution in [0.25, 0.3) is 0 Å². The molecule has 0 saturated heterocycles. The van der Waals surface area contributed by atoms with Crippen molar-refractivity contribution in [2.75, 3.05) is 13.7 Å². The van der Waals surface area contributed by atoms with Crippen LogP contribution < -0.4 is 5.32 Å². The van der Waals surface area contributed by atoms with Gasteiger partial charge < -0.3 is 14.8 Å². The Balaban J connectivity index is 2.94. The molecule has 12 heavy (non-hydrogen) atoms. The molecule has 0 aromatic carbocycles. The Labute approximate surface area is 79.9 Å². The van der Waals surface area contributed by atoms with E-state index in [0.717, 1.165) is 5.76 Å². The van der Waals surface area contributed by atoms with Gasteiger partial charge in [0.05, 0.1) is 12.1 Å². The lowest BCUT2D eigenvalue weighted by Crippen LogP contribution is -2.39. The molecule has 1 rings (SSSR count). The average molecular weight is 234 g/mol. The average Bonchev–Trinajstić information content (AvgIpc) is 2.51. The number of aliphatic hydroxyl groups excluding tert-OH is 1. The summed E-state index contributed by atoms with van der Waals surface area (Å²) in [6.07, 6.45) is 0. The molecular weight excluding hydrogens is 222 g/mol. The summed E-state index contributed by atoms with van der Waals surface area (Å²) in [6, 6.07) is 3.64. The first-order valence-electron chi connectivity index (χ1n) is 3.68. The van der Waals surface area contributed by atoms with Crippen molar-refractivity contribution in [1.29, 1.82) is 0 Å². The number of furan rings is 1. The Kier molecular flexibility index (Phi) is 2.93.